The fraction of sp³-hybridized carbons (Fsp3) is 0.517. The largest absolute Gasteiger partial charge is 0.511 e. The molecule has 3 atom stereocenters. The standard InChI is InChI=1S/C29H35NO6/c1-14-9-10-18(15(2)30-36-27(4,5)6)19-13-28(7)12-17-11-20(32)22(16(3)31)25(34)29(17,8)26(35)23(28)24(33)21(14)19/h9-10,17,32,35H,11-13H2,1-8H3/b30-15+/t17-,28-,29+/m1/s1. The SMILES string of the molecule is CC(=O)C1=C(O)C[C@@H]2C[C@]3(C)Cc4c(/C(C)=N/OC(C)(C)C)ccc(C)c4C(=O)C3=C(O)[C@]2(C)C1=O. The average molecular weight is 494 g/mol. The van der Waals surface area contributed by atoms with Gasteiger partial charge < -0.3 is 15.1 Å². The number of aryl methyl sites for hydroxylation is 1. The molecule has 192 valence electrons. The lowest BCUT2D eigenvalue weighted by atomic mass is 9.50. The molecule has 0 amide bonds. The predicted octanol–water partition coefficient (Wildman–Crippen LogP) is 5.49. The minimum Gasteiger partial charge on any atom is -0.511 e. The van der Waals surface area contributed by atoms with Crippen LogP contribution in [0.3, 0.4) is 0 Å². The third-order valence-electron chi connectivity index (χ3n) is 8.01. The van der Waals surface area contributed by atoms with E-state index in [2.05, 4.69) is 5.16 Å². The number of aliphatic hydroxyl groups is 2. The smallest absolute Gasteiger partial charge is 0.193 e. The number of hydrogen-bond donors (Lipinski definition) is 2. The van der Waals surface area contributed by atoms with Crippen LogP contribution in [-0.2, 0) is 20.8 Å². The fourth-order valence-corrected chi connectivity index (χ4v) is 6.16. The van der Waals surface area contributed by atoms with Gasteiger partial charge in [-0.25, -0.2) is 0 Å². The number of hydrogen-bond acceptors (Lipinski definition) is 7. The van der Waals surface area contributed by atoms with Crippen LogP contribution in [0.15, 0.2) is 40.0 Å². The number of nitrogens with zero attached hydrogens (tertiary/aromatic N) is 1. The number of Topliss-reactive ketones (excluding diaryl/α,β-unsaturated/α-hetero) is 3. The van der Waals surface area contributed by atoms with Crippen molar-refractivity contribution in [3.8, 4) is 0 Å². The molecule has 0 unspecified atom stereocenters. The van der Waals surface area contributed by atoms with Gasteiger partial charge in [0.1, 0.15) is 17.1 Å². The number of oxime groups is 1. The van der Waals surface area contributed by atoms with Crippen molar-refractivity contribution in [2.24, 2.45) is 21.9 Å². The summed E-state index contributed by atoms with van der Waals surface area (Å²) in [5.41, 5.74) is 0.848. The van der Waals surface area contributed by atoms with E-state index in [0.717, 1.165) is 16.7 Å². The van der Waals surface area contributed by atoms with Gasteiger partial charge in [-0.05, 0) is 78.4 Å². The Hall–Kier alpha value is -3.22. The van der Waals surface area contributed by atoms with Crippen molar-refractivity contribution >= 4 is 23.1 Å². The topological polar surface area (TPSA) is 113 Å². The van der Waals surface area contributed by atoms with Gasteiger partial charge in [0.25, 0.3) is 0 Å². The summed E-state index contributed by atoms with van der Waals surface area (Å²) in [6.07, 6.45) is 0.945. The van der Waals surface area contributed by atoms with E-state index in [-0.39, 0.29) is 34.9 Å². The third kappa shape index (κ3) is 3.71. The second-order valence-electron chi connectivity index (χ2n) is 12.0. The van der Waals surface area contributed by atoms with Gasteiger partial charge in [0.2, 0.25) is 0 Å². The van der Waals surface area contributed by atoms with Crippen LogP contribution in [-0.4, -0.2) is 38.9 Å². The van der Waals surface area contributed by atoms with E-state index >= 15 is 0 Å². The maximum absolute atomic E-state index is 14.1. The van der Waals surface area contributed by atoms with Gasteiger partial charge in [0.05, 0.1) is 16.7 Å². The first-order valence-corrected chi connectivity index (χ1v) is 12.3. The van der Waals surface area contributed by atoms with Gasteiger partial charge in [0.15, 0.2) is 17.3 Å². The van der Waals surface area contributed by atoms with Crippen LogP contribution >= 0.6 is 0 Å². The molecule has 2 N–H and O–H groups in total. The Morgan fingerprint density at radius 2 is 1.78 bits per heavy atom. The quantitative estimate of drug-likeness (QED) is 0.327. The van der Waals surface area contributed by atoms with Crippen LogP contribution in [0.4, 0.5) is 0 Å². The Bertz CT molecular complexity index is 1310. The number of ketones is 3. The summed E-state index contributed by atoms with van der Waals surface area (Å²) < 4.78 is 0. The van der Waals surface area contributed by atoms with E-state index in [1.54, 1.807) is 6.92 Å². The van der Waals surface area contributed by atoms with Crippen molar-refractivity contribution in [3.05, 3.63) is 57.1 Å². The van der Waals surface area contributed by atoms with E-state index < -0.39 is 33.9 Å². The van der Waals surface area contributed by atoms with Crippen LogP contribution in [0, 0.1) is 23.7 Å². The van der Waals surface area contributed by atoms with Gasteiger partial charge >= 0.3 is 0 Å². The van der Waals surface area contributed by atoms with Crippen molar-refractivity contribution in [2.75, 3.05) is 0 Å². The van der Waals surface area contributed by atoms with Crippen molar-refractivity contribution in [1.82, 2.24) is 0 Å². The number of benzene rings is 1. The molecule has 7 heteroatoms. The molecule has 3 aliphatic rings. The molecule has 7 nitrogen and oxygen atoms in total. The molecule has 36 heavy (non-hydrogen) atoms. The number of rotatable bonds is 3. The summed E-state index contributed by atoms with van der Waals surface area (Å²) in [7, 11) is 0. The number of aliphatic hydroxyl groups excluding tert-OH is 2. The second kappa shape index (κ2) is 8.15. The highest BCUT2D eigenvalue weighted by molar-refractivity contribution is 6.24. The average Bonchev–Trinajstić information content (AvgIpc) is 2.73. The third-order valence-corrected chi connectivity index (χ3v) is 8.01. The molecular formula is C29H35NO6. The van der Waals surface area contributed by atoms with Crippen LogP contribution in [0.25, 0.3) is 0 Å². The van der Waals surface area contributed by atoms with E-state index in [1.807, 2.05) is 53.7 Å². The molecule has 0 saturated carbocycles. The summed E-state index contributed by atoms with van der Waals surface area (Å²) in [6, 6.07) is 3.80. The number of carbonyl (C=O) groups is 3. The van der Waals surface area contributed by atoms with Crippen LogP contribution in [0.5, 0.6) is 0 Å². The van der Waals surface area contributed by atoms with Crippen molar-refractivity contribution in [2.45, 2.75) is 80.3 Å². The van der Waals surface area contributed by atoms with Crippen molar-refractivity contribution in [3.63, 3.8) is 0 Å². The summed E-state index contributed by atoms with van der Waals surface area (Å²) in [6.45, 7) is 14.2. The molecule has 0 aliphatic heterocycles. The highest BCUT2D eigenvalue weighted by Crippen LogP contribution is 2.59. The molecular weight excluding hydrogens is 458 g/mol. The first-order chi connectivity index (χ1) is 16.5. The number of carbonyl (C=O) groups excluding carboxylic acids is 3. The van der Waals surface area contributed by atoms with Crippen molar-refractivity contribution in [1.29, 1.82) is 0 Å². The van der Waals surface area contributed by atoms with E-state index in [1.165, 1.54) is 6.92 Å². The Morgan fingerprint density at radius 3 is 2.36 bits per heavy atom. The Labute approximate surface area is 211 Å². The predicted molar refractivity (Wildman–Crippen MR) is 136 cm³/mol. The molecule has 1 aromatic carbocycles. The van der Waals surface area contributed by atoms with Crippen LogP contribution in [0.2, 0.25) is 0 Å². The molecule has 0 heterocycles. The molecule has 4 rings (SSSR count). The van der Waals surface area contributed by atoms with Crippen molar-refractivity contribution < 1.29 is 29.4 Å². The molecule has 0 aromatic heterocycles. The fourth-order valence-electron chi connectivity index (χ4n) is 6.16. The Kier molecular flexibility index (Phi) is 5.85. The lowest BCUT2D eigenvalue weighted by Crippen LogP contribution is -2.52. The zero-order chi connectivity index (χ0) is 27.0. The van der Waals surface area contributed by atoms with Gasteiger partial charge in [-0.1, -0.05) is 24.2 Å². The van der Waals surface area contributed by atoms with Crippen LogP contribution < -0.4 is 0 Å². The maximum atomic E-state index is 14.1. The lowest BCUT2D eigenvalue weighted by Gasteiger charge is -2.51. The minimum absolute atomic E-state index is 0.0890. The first kappa shape index (κ1) is 25.9. The van der Waals surface area contributed by atoms with Gasteiger partial charge in [-0.3, -0.25) is 14.4 Å². The lowest BCUT2D eigenvalue weighted by molar-refractivity contribution is -0.132. The zero-order valence-corrected chi connectivity index (χ0v) is 22.3. The molecule has 1 aromatic rings. The highest BCUT2D eigenvalue weighted by Gasteiger charge is 2.60. The van der Waals surface area contributed by atoms with Crippen LogP contribution in [0.1, 0.15) is 88.4 Å². The maximum Gasteiger partial charge on any atom is 0.193 e. The monoisotopic (exact) mass is 493 g/mol. The highest BCUT2D eigenvalue weighted by atomic mass is 16.6. The second-order valence-corrected chi connectivity index (χ2v) is 12.0. The Morgan fingerprint density at radius 1 is 1.14 bits per heavy atom. The van der Waals surface area contributed by atoms with Gasteiger partial charge in [-0.2, -0.15) is 0 Å². The van der Waals surface area contributed by atoms with Gasteiger partial charge in [-0.15, -0.1) is 0 Å². The molecule has 3 aliphatic carbocycles. The summed E-state index contributed by atoms with van der Waals surface area (Å²) in [5.74, 6) is -2.45. The zero-order valence-electron chi connectivity index (χ0n) is 22.3. The summed E-state index contributed by atoms with van der Waals surface area (Å²) in [4.78, 5) is 45.3. The van der Waals surface area contributed by atoms with E-state index in [0.29, 0.717) is 24.1 Å². The number of fused-ring (bicyclic) bond motifs is 3. The summed E-state index contributed by atoms with van der Waals surface area (Å²) >= 11 is 0. The normalized spacial score (nSPS) is 28.6. The number of allylic oxidation sites excluding steroid dienone is 4. The van der Waals surface area contributed by atoms with E-state index in [4.69, 9.17) is 4.84 Å². The first-order valence-electron chi connectivity index (χ1n) is 12.3. The van der Waals surface area contributed by atoms with Gasteiger partial charge in [0, 0.05) is 28.5 Å². The minimum atomic E-state index is -1.45. The summed E-state index contributed by atoms with van der Waals surface area (Å²) in [5, 5.41) is 26.5. The molecule has 0 bridgehead atoms. The van der Waals surface area contributed by atoms with E-state index in [9.17, 15) is 24.6 Å². The Balaban J connectivity index is 1.91. The molecule has 0 radical (unpaired) electrons. The molecule has 0 spiro atoms. The molecule has 0 fully saturated rings. The molecule has 0 saturated heterocycles.